The average Bonchev–Trinajstić information content (AvgIpc) is 2.29. The highest BCUT2D eigenvalue weighted by Gasteiger charge is 2.34. The first kappa shape index (κ1) is 15.1. The summed E-state index contributed by atoms with van der Waals surface area (Å²) in [7, 11) is 1.22. The maximum atomic E-state index is 13.2. The molecule has 0 heterocycles. The molecule has 1 aromatic rings. The van der Waals surface area contributed by atoms with Crippen LogP contribution in [0.1, 0.15) is 31.1 Å². The number of ether oxygens (including phenoxy) is 2. The molecule has 0 aliphatic rings. The van der Waals surface area contributed by atoms with E-state index in [-0.39, 0.29) is 11.3 Å². The number of Topliss-reactive ketones (excluding diaryl/α,β-unsaturated/α-hetero) is 1. The molecule has 6 heteroatoms. The molecule has 1 rings (SSSR count). The number of ketones is 1. The van der Waals surface area contributed by atoms with Gasteiger partial charge in [-0.25, -0.2) is 8.78 Å². The van der Waals surface area contributed by atoms with E-state index in [1.165, 1.54) is 21.0 Å². The highest BCUT2D eigenvalue weighted by atomic mass is 19.2. The molecule has 4 nitrogen and oxygen atoms in total. The van der Waals surface area contributed by atoms with Gasteiger partial charge in [-0.1, -0.05) is 0 Å². The lowest BCUT2D eigenvalue weighted by atomic mass is 9.95. The first-order valence-corrected chi connectivity index (χ1v) is 5.46. The minimum atomic E-state index is -1.50. The quantitative estimate of drug-likeness (QED) is 0.624. The molecule has 0 amide bonds. The number of carbonyl (C=O) groups excluding carboxylic acids is 2. The number of benzene rings is 1. The van der Waals surface area contributed by atoms with Gasteiger partial charge in [0, 0.05) is 13.0 Å². The van der Waals surface area contributed by atoms with Crippen LogP contribution in [0.2, 0.25) is 0 Å². The second-order valence-electron chi connectivity index (χ2n) is 4.40. The van der Waals surface area contributed by atoms with E-state index in [9.17, 15) is 18.4 Å². The summed E-state index contributed by atoms with van der Waals surface area (Å²) in [6.45, 7) is 3.87. The molecule has 19 heavy (non-hydrogen) atoms. The Morgan fingerprint density at radius 1 is 1.16 bits per heavy atom. The Balaban J connectivity index is 3.26. The fourth-order valence-electron chi connectivity index (χ4n) is 1.60. The molecule has 0 atom stereocenters. The fourth-order valence-corrected chi connectivity index (χ4v) is 1.60. The van der Waals surface area contributed by atoms with E-state index in [0.717, 1.165) is 19.1 Å². The molecule has 0 fully saturated rings. The lowest BCUT2D eigenvalue weighted by Crippen LogP contribution is -2.37. The Kier molecular flexibility index (Phi) is 4.24. The van der Waals surface area contributed by atoms with Gasteiger partial charge in [-0.15, -0.1) is 0 Å². The van der Waals surface area contributed by atoms with Crippen molar-refractivity contribution in [2.75, 3.05) is 7.11 Å². The van der Waals surface area contributed by atoms with Gasteiger partial charge in [0.2, 0.25) is 5.78 Å². The van der Waals surface area contributed by atoms with Crippen molar-refractivity contribution in [3.8, 4) is 5.75 Å². The number of halogens is 2. The summed E-state index contributed by atoms with van der Waals surface area (Å²) < 4.78 is 36.0. The zero-order valence-corrected chi connectivity index (χ0v) is 11.0. The van der Waals surface area contributed by atoms with Gasteiger partial charge in [0.05, 0.1) is 12.7 Å². The van der Waals surface area contributed by atoms with Crippen LogP contribution in [-0.2, 0) is 9.53 Å². The van der Waals surface area contributed by atoms with Crippen molar-refractivity contribution in [1.82, 2.24) is 0 Å². The number of methoxy groups -OCH3 is 1. The summed E-state index contributed by atoms with van der Waals surface area (Å²) in [4.78, 5) is 23.1. The molecule has 0 aliphatic heterocycles. The van der Waals surface area contributed by atoms with Crippen molar-refractivity contribution in [3.05, 3.63) is 29.3 Å². The third-order valence-electron chi connectivity index (χ3n) is 2.43. The van der Waals surface area contributed by atoms with Gasteiger partial charge in [0.25, 0.3) is 0 Å². The lowest BCUT2D eigenvalue weighted by molar-refractivity contribution is -0.149. The number of carbonyl (C=O) groups is 2. The average molecular weight is 272 g/mol. The Bertz CT molecular complexity index is 524. The van der Waals surface area contributed by atoms with Crippen molar-refractivity contribution in [2.45, 2.75) is 26.4 Å². The number of esters is 1. The molecule has 0 N–H and O–H groups in total. The molecule has 104 valence electrons. The molecule has 0 radical (unpaired) electrons. The van der Waals surface area contributed by atoms with Crippen LogP contribution in [0.5, 0.6) is 5.75 Å². The second kappa shape index (κ2) is 5.34. The van der Waals surface area contributed by atoms with Gasteiger partial charge < -0.3 is 9.47 Å². The minimum absolute atomic E-state index is 0.121. The zero-order valence-electron chi connectivity index (χ0n) is 11.0. The summed E-state index contributed by atoms with van der Waals surface area (Å²) in [6.07, 6.45) is 0. The molecule has 0 aromatic heterocycles. The topological polar surface area (TPSA) is 52.6 Å². The molecular weight excluding hydrogens is 258 g/mol. The fraction of sp³-hybridized carbons (Fsp3) is 0.385. The first-order valence-electron chi connectivity index (χ1n) is 5.46. The van der Waals surface area contributed by atoms with E-state index >= 15 is 0 Å². The van der Waals surface area contributed by atoms with Gasteiger partial charge in [-0.3, -0.25) is 9.59 Å². The highest BCUT2D eigenvalue weighted by molar-refractivity contribution is 6.05. The molecule has 0 spiro atoms. The Morgan fingerprint density at radius 2 is 1.68 bits per heavy atom. The Hall–Kier alpha value is -1.98. The van der Waals surface area contributed by atoms with E-state index in [1.54, 1.807) is 0 Å². The van der Waals surface area contributed by atoms with Crippen LogP contribution in [0.25, 0.3) is 0 Å². The molecular formula is C13H14F2O4. The Morgan fingerprint density at radius 3 is 2.16 bits per heavy atom. The van der Waals surface area contributed by atoms with Crippen LogP contribution in [0, 0.1) is 11.6 Å². The number of rotatable bonds is 4. The summed E-state index contributed by atoms with van der Waals surface area (Å²) >= 11 is 0. The minimum Gasteiger partial charge on any atom is -0.496 e. The molecule has 1 aromatic carbocycles. The van der Waals surface area contributed by atoms with Gasteiger partial charge in [-0.05, 0) is 19.9 Å². The summed E-state index contributed by atoms with van der Waals surface area (Å²) in [5.74, 6) is -3.76. The highest BCUT2D eigenvalue weighted by Crippen LogP contribution is 2.27. The first-order chi connectivity index (χ1) is 8.69. The Labute approximate surface area is 109 Å². The maximum absolute atomic E-state index is 13.2. The van der Waals surface area contributed by atoms with Crippen LogP contribution in [-0.4, -0.2) is 24.5 Å². The van der Waals surface area contributed by atoms with Crippen molar-refractivity contribution < 1.29 is 27.8 Å². The number of hydrogen-bond donors (Lipinski definition) is 0. The van der Waals surface area contributed by atoms with Crippen LogP contribution in [0.3, 0.4) is 0 Å². The predicted molar refractivity (Wildman–Crippen MR) is 63.1 cm³/mol. The van der Waals surface area contributed by atoms with E-state index in [0.29, 0.717) is 0 Å². The third-order valence-corrected chi connectivity index (χ3v) is 2.43. The van der Waals surface area contributed by atoms with Crippen molar-refractivity contribution in [2.24, 2.45) is 0 Å². The van der Waals surface area contributed by atoms with Crippen molar-refractivity contribution in [1.29, 1.82) is 0 Å². The smallest absolute Gasteiger partial charge is 0.303 e. The van der Waals surface area contributed by atoms with E-state index in [4.69, 9.17) is 9.47 Å². The van der Waals surface area contributed by atoms with Crippen LogP contribution in [0.4, 0.5) is 8.78 Å². The molecule has 0 bridgehead atoms. The standard InChI is InChI=1S/C13H14F2O4/c1-7(16)19-13(2,3)12(17)8-5-9(14)10(15)6-11(8)18-4/h5-6H,1-4H3. The van der Waals surface area contributed by atoms with Gasteiger partial charge in [-0.2, -0.15) is 0 Å². The molecule has 0 aliphatic carbocycles. The molecule has 0 saturated carbocycles. The predicted octanol–water partition coefficient (Wildman–Crippen LogP) is 2.50. The summed E-state index contributed by atoms with van der Waals surface area (Å²) in [5, 5.41) is 0. The van der Waals surface area contributed by atoms with Crippen molar-refractivity contribution >= 4 is 11.8 Å². The molecule has 0 saturated heterocycles. The van der Waals surface area contributed by atoms with Crippen LogP contribution >= 0.6 is 0 Å². The summed E-state index contributed by atoms with van der Waals surface area (Å²) in [5.41, 5.74) is -1.68. The van der Waals surface area contributed by atoms with Gasteiger partial charge in [0.15, 0.2) is 17.2 Å². The van der Waals surface area contributed by atoms with Crippen LogP contribution < -0.4 is 4.74 Å². The van der Waals surface area contributed by atoms with Crippen molar-refractivity contribution in [3.63, 3.8) is 0 Å². The molecule has 0 unspecified atom stereocenters. The normalized spacial score (nSPS) is 11.1. The van der Waals surface area contributed by atoms with Gasteiger partial charge >= 0.3 is 5.97 Å². The third kappa shape index (κ3) is 3.27. The van der Waals surface area contributed by atoms with E-state index in [1.807, 2.05) is 0 Å². The maximum Gasteiger partial charge on any atom is 0.303 e. The largest absolute Gasteiger partial charge is 0.496 e. The zero-order chi connectivity index (χ0) is 14.8. The van der Waals surface area contributed by atoms with E-state index < -0.39 is 29.0 Å². The SMILES string of the molecule is COc1cc(F)c(F)cc1C(=O)C(C)(C)OC(C)=O. The number of hydrogen-bond acceptors (Lipinski definition) is 4. The van der Waals surface area contributed by atoms with Crippen LogP contribution in [0.15, 0.2) is 12.1 Å². The monoisotopic (exact) mass is 272 g/mol. The summed E-state index contributed by atoms with van der Waals surface area (Å²) in [6, 6.07) is 1.49. The second-order valence-corrected chi connectivity index (χ2v) is 4.40. The van der Waals surface area contributed by atoms with E-state index in [2.05, 4.69) is 0 Å². The van der Waals surface area contributed by atoms with Gasteiger partial charge in [0.1, 0.15) is 5.75 Å². The lowest BCUT2D eigenvalue weighted by Gasteiger charge is -2.23.